The molecule has 1 atom stereocenters. The van der Waals surface area contributed by atoms with Gasteiger partial charge in [-0.3, -0.25) is 0 Å². The van der Waals surface area contributed by atoms with Gasteiger partial charge in [-0.15, -0.1) is 0 Å². The summed E-state index contributed by atoms with van der Waals surface area (Å²) >= 11 is 0. The number of nitrogens with two attached hydrogens (primary N) is 1. The monoisotopic (exact) mass is 286 g/mol. The first-order valence-electron chi connectivity index (χ1n) is 6.04. The summed E-state index contributed by atoms with van der Waals surface area (Å²) in [4.78, 5) is 0.180. The lowest BCUT2D eigenvalue weighted by molar-refractivity contribution is 0.171. The molecule has 7 heteroatoms. The van der Waals surface area contributed by atoms with Crippen LogP contribution in [0.25, 0.3) is 0 Å². The maximum absolute atomic E-state index is 12.4. The van der Waals surface area contributed by atoms with Crippen molar-refractivity contribution < 1.29 is 17.9 Å². The van der Waals surface area contributed by atoms with E-state index in [4.69, 9.17) is 15.2 Å². The fourth-order valence-electron chi connectivity index (χ4n) is 1.74. The minimum absolute atomic E-state index is 0.180. The second-order valence-corrected chi connectivity index (χ2v) is 6.41. The van der Waals surface area contributed by atoms with Crippen LogP contribution in [-0.4, -0.2) is 45.6 Å². The smallest absolute Gasteiger partial charge is 0.243 e. The molecule has 1 heterocycles. The third kappa shape index (κ3) is 2.68. The quantitative estimate of drug-likeness (QED) is 0.867. The van der Waals surface area contributed by atoms with Gasteiger partial charge in [-0.25, -0.2) is 8.42 Å². The molecule has 106 valence electrons. The number of hydrogen-bond donors (Lipinski definition) is 1. The molecule has 1 unspecified atom stereocenters. The van der Waals surface area contributed by atoms with Crippen molar-refractivity contribution in [2.75, 3.05) is 26.8 Å². The zero-order valence-electron chi connectivity index (χ0n) is 11.0. The molecular weight excluding hydrogens is 268 g/mol. The Morgan fingerprint density at radius 1 is 1.32 bits per heavy atom. The van der Waals surface area contributed by atoms with E-state index in [0.29, 0.717) is 24.7 Å². The largest absolute Gasteiger partial charge is 0.486 e. The molecule has 1 aromatic carbocycles. The van der Waals surface area contributed by atoms with Crippen LogP contribution in [0.5, 0.6) is 11.5 Å². The second-order valence-electron chi connectivity index (χ2n) is 4.41. The minimum atomic E-state index is -3.57. The Bertz CT molecular complexity index is 559. The highest BCUT2D eigenvalue weighted by Crippen LogP contribution is 2.33. The molecule has 0 aromatic heterocycles. The van der Waals surface area contributed by atoms with Gasteiger partial charge in [-0.1, -0.05) is 0 Å². The standard InChI is InChI=1S/C12H18N2O4S/c1-9(8-13)14(2)19(15,16)10-3-4-11-12(7-10)18-6-5-17-11/h3-4,7,9H,5-6,8,13H2,1-2H3. The lowest BCUT2D eigenvalue weighted by Crippen LogP contribution is -2.39. The lowest BCUT2D eigenvalue weighted by atomic mass is 10.3. The van der Waals surface area contributed by atoms with Crippen molar-refractivity contribution >= 4 is 10.0 Å². The van der Waals surface area contributed by atoms with E-state index in [0.717, 1.165) is 0 Å². The Morgan fingerprint density at radius 2 is 1.95 bits per heavy atom. The van der Waals surface area contributed by atoms with Crippen LogP contribution in [0.3, 0.4) is 0 Å². The first-order chi connectivity index (χ1) is 8.96. The fraction of sp³-hybridized carbons (Fsp3) is 0.500. The van der Waals surface area contributed by atoms with Gasteiger partial charge in [0.25, 0.3) is 0 Å². The SMILES string of the molecule is CC(CN)N(C)S(=O)(=O)c1ccc2c(c1)OCCO2. The molecule has 2 rings (SSSR count). The van der Waals surface area contributed by atoms with E-state index in [1.54, 1.807) is 13.0 Å². The van der Waals surface area contributed by atoms with Gasteiger partial charge in [0.05, 0.1) is 4.90 Å². The van der Waals surface area contributed by atoms with Crippen molar-refractivity contribution in [2.45, 2.75) is 17.9 Å². The zero-order chi connectivity index (χ0) is 14.0. The predicted molar refractivity (Wildman–Crippen MR) is 70.9 cm³/mol. The van der Waals surface area contributed by atoms with Crippen LogP contribution in [-0.2, 0) is 10.0 Å². The number of sulfonamides is 1. The van der Waals surface area contributed by atoms with E-state index in [1.807, 2.05) is 0 Å². The average Bonchev–Trinajstić information content (AvgIpc) is 2.45. The molecule has 19 heavy (non-hydrogen) atoms. The number of rotatable bonds is 4. The summed E-state index contributed by atoms with van der Waals surface area (Å²) in [5.74, 6) is 1.03. The van der Waals surface area contributed by atoms with Gasteiger partial charge in [-0.05, 0) is 19.1 Å². The van der Waals surface area contributed by atoms with Crippen LogP contribution in [0.1, 0.15) is 6.92 Å². The summed E-state index contributed by atoms with van der Waals surface area (Å²) in [6.45, 7) is 2.92. The molecule has 0 spiro atoms. The topological polar surface area (TPSA) is 81.9 Å². The summed E-state index contributed by atoms with van der Waals surface area (Å²) < 4.78 is 36.8. The number of likely N-dealkylation sites (N-methyl/N-ethyl adjacent to an activating group) is 1. The Hall–Kier alpha value is -1.31. The lowest BCUT2D eigenvalue weighted by Gasteiger charge is -2.24. The van der Waals surface area contributed by atoms with Gasteiger partial charge in [0.1, 0.15) is 13.2 Å². The minimum Gasteiger partial charge on any atom is -0.486 e. The number of nitrogens with zero attached hydrogens (tertiary/aromatic N) is 1. The van der Waals surface area contributed by atoms with E-state index in [9.17, 15) is 8.42 Å². The summed E-state index contributed by atoms with van der Waals surface area (Å²) in [6.07, 6.45) is 0. The molecule has 0 radical (unpaired) electrons. The van der Waals surface area contributed by atoms with Gasteiger partial charge in [0.15, 0.2) is 11.5 Å². The average molecular weight is 286 g/mol. The van der Waals surface area contributed by atoms with Gasteiger partial charge >= 0.3 is 0 Å². The molecule has 6 nitrogen and oxygen atoms in total. The van der Waals surface area contributed by atoms with Crippen molar-refractivity contribution in [1.82, 2.24) is 4.31 Å². The third-order valence-corrected chi connectivity index (χ3v) is 5.12. The van der Waals surface area contributed by atoms with Gasteiger partial charge in [0.2, 0.25) is 10.0 Å². The molecule has 1 aliphatic heterocycles. The van der Waals surface area contributed by atoms with Crippen LogP contribution in [0, 0.1) is 0 Å². The third-order valence-electron chi connectivity index (χ3n) is 3.15. The first kappa shape index (κ1) is 14.1. The van der Waals surface area contributed by atoms with Crippen molar-refractivity contribution in [3.63, 3.8) is 0 Å². The highest BCUT2D eigenvalue weighted by Gasteiger charge is 2.26. The Morgan fingerprint density at radius 3 is 2.58 bits per heavy atom. The molecule has 0 fully saturated rings. The fourth-order valence-corrected chi connectivity index (χ4v) is 3.12. The van der Waals surface area contributed by atoms with Crippen molar-refractivity contribution in [1.29, 1.82) is 0 Å². The maximum atomic E-state index is 12.4. The molecule has 0 amide bonds. The first-order valence-corrected chi connectivity index (χ1v) is 7.48. The van der Waals surface area contributed by atoms with Crippen molar-refractivity contribution in [3.05, 3.63) is 18.2 Å². The molecule has 0 saturated carbocycles. The molecule has 0 bridgehead atoms. The Kier molecular flexibility index (Phi) is 3.98. The van der Waals surface area contributed by atoms with Crippen LogP contribution >= 0.6 is 0 Å². The second kappa shape index (κ2) is 5.36. The zero-order valence-corrected chi connectivity index (χ0v) is 11.8. The van der Waals surface area contributed by atoms with Crippen LogP contribution in [0.4, 0.5) is 0 Å². The summed E-state index contributed by atoms with van der Waals surface area (Å²) in [5.41, 5.74) is 5.51. The predicted octanol–water partition coefficient (Wildman–Crippen LogP) is 0.425. The molecular formula is C12H18N2O4S. The molecule has 2 N–H and O–H groups in total. The van der Waals surface area contributed by atoms with Crippen molar-refractivity contribution in [2.24, 2.45) is 5.73 Å². The number of hydrogen-bond acceptors (Lipinski definition) is 5. The van der Waals surface area contributed by atoms with Crippen LogP contribution in [0.15, 0.2) is 23.1 Å². The van der Waals surface area contributed by atoms with Crippen LogP contribution < -0.4 is 15.2 Å². The van der Waals surface area contributed by atoms with E-state index < -0.39 is 10.0 Å². The highest BCUT2D eigenvalue weighted by molar-refractivity contribution is 7.89. The van der Waals surface area contributed by atoms with E-state index >= 15 is 0 Å². The molecule has 0 saturated heterocycles. The van der Waals surface area contributed by atoms with Crippen LogP contribution in [0.2, 0.25) is 0 Å². The maximum Gasteiger partial charge on any atom is 0.243 e. The van der Waals surface area contributed by atoms with E-state index in [1.165, 1.54) is 23.5 Å². The van der Waals surface area contributed by atoms with Gasteiger partial charge in [0, 0.05) is 25.7 Å². The summed E-state index contributed by atoms with van der Waals surface area (Å²) in [6, 6.07) is 4.35. The number of fused-ring (bicyclic) bond motifs is 1. The molecule has 1 aromatic rings. The number of benzene rings is 1. The molecule has 1 aliphatic rings. The van der Waals surface area contributed by atoms with Crippen molar-refractivity contribution in [3.8, 4) is 11.5 Å². The van der Waals surface area contributed by atoms with E-state index in [2.05, 4.69) is 0 Å². The summed E-state index contributed by atoms with van der Waals surface area (Å²) in [5, 5.41) is 0. The van der Waals surface area contributed by atoms with Gasteiger partial charge < -0.3 is 15.2 Å². The number of ether oxygens (including phenoxy) is 2. The molecule has 0 aliphatic carbocycles. The normalized spacial score (nSPS) is 16.4. The van der Waals surface area contributed by atoms with Gasteiger partial charge in [-0.2, -0.15) is 4.31 Å². The van der Waals surface area contributed by atoms with E-state index in [-0.39, 0.29) is 17.5 Å². The highest BCUT2D eigenvalue weighted by atomic mass is 32.2. The Labute approximate surface area is 113 Å². The summed E-state index contributed by atoms with van der Waals surface area (Å²) in [7, 11) is -2.05. The Balaban J connectivity index is 2.36.